The maximum atomic E-state index is 12.4. The maximum absolute atomic E-state index is 12.4. The predicted molar refractivity (Wildman–Crippen MR) is 144 cm³/mol. The summed E-state index contributed by atoms with van der Waals surface area (Å²) in [5.74, 6) is 1.40. The number of nitrogens with one attached hydrogen (secondary N) is 2. The summed E-state index contributed by atoms with van der Waals surface area (Å²) in [4.78, 5) is 18.6. The van der Waals surface area contributed by atoms with Gasteiger partial charge in [0.15, 0.2) is 5.96 Å². The number of hydrogen-bond acceptors (Lipinski definition) is 4. The number of hydrogen-bond donors (Lipinski definition) is 3. The maximum Gasteiger partial charge on any atom is 0.224 e. The highest BCUT2D eigenvalue weighted by molar-refractivity contribution is 14.0. The molecule has 33 heavy (non-hydrogen) atoms. The van der Waals surface area contributed by atoms with Gasteiger partial charge in [0.1, 0.15) is 5.75 Å². The van der Waals surface area contributed by atoms with E-state index in [-0.39, 0.29) is 42.5 Å². The average Bonchev–Trinajstić information content (AvgIpc) is 2.78. The molecular weight excluding hydrogens is 531 g/mol. The van der Waals surface area contributed by atoms with Crippen LogP contribution in [0.5, 0.6) is 5.75 Å². The van der Waals surface area contributed by atoms with Gasteiger partial charge in [-0.25, -0.2) is 0 Å². The van der Waals surface area contributed by atoms with Crippen LogP contribution in [-0.2, 0) is 11.3 Å². The fraction of sp³-hybridized carbons (Fsp3) is 0.440. The zero-order valence-electron chi connectivity index (χ0n) is 20.0. The van der Waals surface area contributed by atoms with Crippen LogP contribution in [0, 0.1) is 0 Å². The minimum absolute atomic E-state index is 0. The van der Waals surface area contributed by atoms with Crippen molar-refractivity contribution >= 4 is 35.8 Å². The Morgan fingerprint density at radius 1 is 1.09 bits per heavy atom. The molecule has 0 fully saturated rings. The van der Waals surface area contributed by atoms with Crippen molar-refractivity contribution in [2.45, 2.75) is 45.9 Å². The molecule has 182 valence electrons. The fourth-order valence-electron chi connectivity index (χ4n) is 3.09. The van der Waals surface area contributed by atoms with E-state index in [1.54, 1.807) is 4.90 Å². The van der Waals surface area contributed by atoms with Gasteiger partial charge in [-0.15, -0.1) is 24.0 Å². The Balaban J connectivity index is 0.00000544. The zero-order valence-corrected chi connectivity index (χ0v) is 22.3. The van der Waals surface area contributed by atoms with E-state index >= 15 is 0 Å². The van der Waals surface area contributed by atoms with Crippen LogP contribution in [0.25, 0.3) is 0 Å². The van der Waals surface area contributed by atoms with Gasteiger partial charge in [-0.3, -0.25) is 9.79 Å². The van der Waals surface area contributed by atoms with Gasteiger partial charge in [-0.2, -0.15) is 0 Å². The third-order valence-electron chi connectivity index (χ3n) is 4.72. The molecule has 0 aliphatic rings. The highest BCUT2D eigenvalue weighted by atomic mass is 127. The first-order valence-corrected chi connectivity index (χ1v) is 11.1. The Kier molecular flexibility index (Phi) is 13.5. The molecule has 0 aromatic heterocycles. The first-order valence-electron chi connectivity index (χ1n) is 11.1. The normalized spacial score (nSPS) is 12.0. The Labute approximate surface area is 214 Å². The fourth-order valence-corrected chi connectivity index (χ4v) is 3.09. The Bertz CT molecular complexity index is 844. The van der Waals surface area contributed by atoms with E-state index in [9.17, 15) is 9.90 Å². The second kappa shape index (κ2) is 15.5. The van der Waals surface area contributed by atoms with E-state index in [1.807, 2.05) is 82.4 Å². The molecule has 0 heterocycles. The van der Waals surface area contributed by atoms with E-state index in [4.69, 9.17) is 4.74 Å². The molecule has 0 aliphatic carbocycles. The molecule has 2 rings (SSSR count). The van der Waals surface area contributed by atoms with Gasteiger partial charge in [0.05, 0.1) is 18.8 Å². The average molecular weight is 569 g/mol. The van der Waals surface area contributed by atoms with Gasteiger partial charge in [-0.05, 0) is 44.0 Å². The van der Waals surface area contributed by atoms with Crippen LogP contribution < -0.4 is 15.4 Å². The van der Waals surface area contributed by atoms with Crippen LogP contribution >= 0.6 is 24.0 Å². The standard InChI is InChI=1S/C25H36N4O3.HI/c1-5-26-25(27-16-15-24(31)29(4)18-20-9-7-6-8-10-20)28-17-23(30)21-11-13-22(14-12-21)32-19(2)3;/h6-14,19,23,30H,5,15-18H2,1-4H3,(H2,26,27,28);1H. The number of aliphatic hydroxyl groups is 1. The van der Waals surface area contributed by atoms with Crippen molar-refractivity contribution in [3.05, 3.63) is 65.7 Å². The van der Waals surface area contributed by atoms with Crippen LogP contribution in [0.4, 0.5) is 0 Å². The first-order chi connectivity index (χ1) is 15.4. The molecule has 7 nitrogen and oxygen atoms in total. The van der Waals surface area contributed by atoms with Gasteiger partial charge in [0.25, 0.3) is 0 Å². The van der Waals surface area contributed by atoms with Crippen LogP contribution in [0.15, 0.2) is 59.6 Å². The number of benzene rings is 2. The third kappa shape index (κ3) is 10.9. The summed E-state index contributed by atoms with van der Waals surface area (Å²) in [5.41, 5.74) is 1.88. The number of rotatable bonds is 11. The molecule has 8 heteroatoms. The molecule has 0 bridgehead atoms. The van der Waals surface area contributed by atoms with Gasteiger partial charge >= 0.3 is 0 Å². The van der Waals surface area contributed by atoms with Crippen LogP contribution in [0.2, 0.25) is 0 Å². The van der Waals surface area contributed by atoms with Crippen molar-refractivity contribution in [1.29, 1.82) is 0 Å². The first kappa shape index (κ1) is 28.7. The lowest BCUT2D eigenvalue weighted by molar-refractivity contribution is -0.130. The van der Waals surface area contributed by atoms with Crippen molar-refractivity contribution in [1.82, 2.24) is 15.5 Å². The van der Waals surface area contributed by atoms with E-state index < -0.39 is 6.10 Å². The lowest BCUT2D eigenvalue weighted by atomic mass is 10.1. The van der Waals surface area contributed by atoms with Crippen LogP contribution in [0.1, 0.15) is 44.4 Å². The SMILES string of the molecule is CCNC(=NCC(O)c1ccc(OC(C)C)cc1)NCCC(=O)N(C)Cc1ccccc1.I. The number of aliphatic imine (C=N–C) groups is 1. The van der Waals surface area contributed by atoms with Gasteiger partial charge in [-0.1, -0.05) is 42.5 Å². The third-order valence-corrected chi connectivity index (χ3v) is 4.72. The molecular formula is C25H37IN4O3. The molecule has 2 aromatic rings. The summed E-state index contributed by atoms with van der Waals surface area (Å²) >= 11 is 0. The second-order valence-corrected chi connectivity index (χ2v) is 7.88. The van der Waals surface area contributed by atoms with Crippen molar-refractivity contribution in [3.63, 3.8) is 0 Å². The van der Waals surface area contributed by atoms with Crippen molar-refractivity contribution in [2.24, 2.45) is 4.99 Å². The molecule has 0 aliphatic heterocycles. The van der Waals surface area contributed by atoms with Crippen LogP contribution in [0.3, 0.4) is 0 Å². The van der Waals surface area contributed by atoms with Crippen molar-refractivity contribution in [2.75, 3.05) is 26.7 Å². The molecule has 0 radical (unpaired) electrons. The van der Waals surface area contributed by atoms with Gasteiger partial charge in [0.2, 0.25) is 5.91 Å². The molecule has 3 N–H and O–H groups in total. The number of carbonyl (C=O) groups excluding carboxylic acids is 1. The highest BCUT2D eigenvalue weighted by Gasteiger charge is 2.11. The van der Waals surface area contributed by atoms with Crippen molar-refractivity contribution < 1.29 is 14.6 Å². The van der Waals surface area contributed by atoms with Gasteiger partial charge < -0.3 is 25.4 Å². The number of ether oxygens (including phenoxy) is 1. The van der Waals surface area contributed by atoms with E-state index in [0.29, 0.717) is 32.0 Å². The zero-order chi connectivity index (χ0) is 23.3. The van der Waals surface area contributed by atoms with E-state index in [0.717, 1.165) is 16.9 Å². The number of nitrogens with zero attached hydrogens (tertiary/aromatic N) is 2. The number of amides is 1. The number of carbonyl (C=O) groups is 1. The van der Waals surface area contributed by atoms with E-state index in [2.05, 4.69) is 15.6 Å². The molecule has 2 aromatic carbocycles. The Hall–Kier alpha value is -2.33. The molecule has 0 saturated carbocycles. The molecule has 1 amide bonds. The Morgan fingerprint density at radius 3 is 2.36 bits per heavy atom. The van der Waals surface area contributed by atoms with Gasteiger partial charge in [0, 0.05) is 33.1 Å². The number of aliphatic hydroxyl groups excluding tert-OH is 1. The van der Waals surface area contributed by atoms with Crippen LogP contribution in [-0.4, -0.2) is 54.7 Å². The Morgan fingerprint density at radius 2 is 1.76 bits per heavy atom. The summed E-state index contributed by atoms with van der Waals surface area (Å²) in [6.07, 6.45) is -0.264. The monoisotopic (exact) mass is 568 g/mol. The highest BCUT2D eigenvalue weighted by Crippen LogP contribution is 2.19. The summed E-state index contributed by atoms with van der Waals surface area (Å²) in [6.45, 7) is 7.86. The minimum Gasteiger partial charge on any atom is -0.491 e. The minimum atomic E-state index is -0.725. The van der Waals surface area contributed by atoms with Crippen molar-refractivity contribution in [3.8, 4) is 5.75 Å². The lowest BCUT2D eigenvalue weighted by Gasteiger charge is -2.18. The summed E-state index contributed by atoms with van der Waals surface area (Å²) in [6, 6.07) is 17.3. The number of guanidine groups is 1. The number of halogens is 1. The summed E-state index contributed by atoms with van der Waals surface area (Å²) < 4.78 is 5.63. The summed E-state index contributed by atoms with van der Waals surface area (Å²) in [7, 11) is 1.81. The van der Waals surface area contributed by atoms with E-state index in [1.165, 1.54) is 0 Å². The molecule has 0 saturated heterocycles. The lowest BCUT2D eigenvalue weighted by Crippen LogP contribution is -2.39. The molecule has 0 spiro atoms. The topological polar surface area (TPSA) is 86.2 Å². The molecule has 1 atom stereocenters. The predicted octanol–water partition coefficient (Wildman–Crippen LogP) is 3.73. The quantitative estimate of drug-likeness (QED) is 0.219. The molecule has 1 unspecified atom stereocenters. The smallest absolute Gasteiger partial charge is 0.224 e. The largest absolute Gasteiger partial charge is 0.491 e. The summed E-state index contributed by atoms with van der Waals surface area (Å²) in [5, 5.41) is 16.8. The second-order valence-electron chi connectivity index (χ2n) is 7.88.